The Balaban J connectivity index is 2.97. The lowest BCUT2D eigenvalue weighted by molar-refractivity contribution is -0.160. The van der Waals surface area contributed by atoms with Crippen molar-refractivity contribution < 1.29 is 47.8 Å². The fraction of sp³-hybridized carbons (Fsp3) is 0.690. The number of nitrogens with one attached hydrogen (secondary N) is 3. The van der Waals surface area contributed by atoms with E-state index in [0.717, 1.165) is 17.1 Å². The third kappa shape index (κ3) is 15.7. The van der Waals surface area contributed by atoms with Gasteiger partial charge >= 0.3 is 18.0 Å². The first-order valence-corrected chi connectivity index (χ1v) is 14.1. The molecule has 0 fully saturated rings. The van der Waals surface area contributed by atoms with E-state index in [9.17, 15) is 33.6 Å². The van der Waals surface area contributed by atoms with Crippen LogP contribution in [0.4, 0.5) is 4.79 Å². The average Bonchev–Trinajstić information content (AvgIpc) is 3.12. The summed E-state index contributed by atoms with van der Waals surface area (Å²) in [5.41, 5.74) is -2.52. The molecule has 1 aliphatic rings. The van der Waals surface area contributed by atoms with Gasteiger partial charge < -0.3 is 30.2 Å². The minimum absolute atomic E-state index is 0.0142. The minimum Gasteiger partial charge on any atom is -0.460 e. The summed E-state index contributed by atoms with van der Waals surface area (Å²) in [4.78, 5) is 87.9. The third-order valence-electron chi connectivity index (χ3n) is 5.29. The average molecular weight is 611 g/mol. The molecular formula is C29H46N4O10. The number of esters is 2. The maximum atomic E-state index is 13.3. The highest BCUT2D eigenvalue weighted by Crippen LogP contribution is 2.15. The van der Waals surface area contributed by atoms with Crippen LogP contribution in [0.3, 0.4) is 0 Å². The maximum absolute atomic E-state index is 13.3. The summed E-state index contributed by atoms with van der Waals surface area (Å²) in [7, 11) is 0. The summed E-state index contributed by atoms with van der Waals surface area (Å²) in [5, 5.41) is 7.51. The van der Waals surface area contributed by atoms with Crippen LogP contribution in [0.5, 0.6) is 0 Å². The summed E-state index contributed by atoms with van der Waals surface area (Å²) in [6.07, 6.45) is 0.579. The molecule has 0 aliphatic carbocycles. The molecule has 1 heterocycles. The number of rotatable bonds is 13. The zero-order chi connectivity index (χ0) is 33.2. The molecule has 1 aliphatic heterocycles. The van der Waals surface area contributed by atoms with E-state index in [1.165, 1.54) is 0 Å². The number of amides is 5. The van der Waals surface area contributed by atoms with Gasteiger partial charge in [-0.3, -0.25) is 28.9 Å². The number of carbonyl (C=O) groups excluding carboxylic acids is 7. The van der Waals surface area contributed by atoms with Gasteiger partial charge in [-0.05, 0) is 75.2 Å². The molecule has 0 saturated carbocycles. The molecule has 2 atom stereocenters. The normalized spacial score (nSPS) is 15.0. The van der Waals surface area contributed by atoms with Crippen LogP contribution in [0.1, 0.15) is 88.0 Å². The lowest BCUT2D eigenvalue weighted by atomic mass is 10.1. The second-order valence-corrected chi connectivity index (χ2v) is 13.0. The zero-order valence-electron chi connectivity index (χ0n) is 26.6. The van der Waals surface area contributed by atoms with E-state index in [1.54, 1.807) is 62.3 Å². The molecule has 242 valence electrons. The first-order valence-electron chi connectivity index (χ1n) is 14.1. The summed E-state index contributed by atoms with van der Waals surface area (Å²) < 4.78 is 16.0. The smallest absolute Gasteiger partial charge is 0.408 e. The van der Waals surface area contributed by atoms with Crippen LogP contribution in [0.15, 0.2) is 12.2 Å². The van der Waals surface area contributed by atoms with Crippen molar-refractivity contribution in [2.24, 2.45) is 0 Å². The number of alkyl carbamates (subject to hydrolysis) is 1. The van der Waals surface area contributed by atoms with Gasteiger partial charge in [-0.2, -0.15) is 0 Å². The van der Waals surface area contributed by atoms with Crippen molar-refractivity contribution in [3.63, 3.8) is 0 Å². The Morgan fingerprint density at radius 1 is 0.721 bits per heavy atom. The maximum Gasteiger partial charge on any atom is 0.408 e. The molecule has 0 saturated heterocycles. The van der Waals surface area contributed by atoms with Crippen LogP contribution in [0, 0.1) is 0 Å². The largest absolute Gasteiger partial charge is 0.460 e. The van der Waals surface area contributed by atoms with Gasteiger partial charge in [0, 0.05) is 38.1 Å². The fourth-order valence-electron chi connectivity index (χ4n) is 3.59. The molecule has 5 amide bonds. The molecule has 0 aromatic heterocycles. The number of imide groups is 1. The van der Waals surface area contributed by atoms with Crippen LogP contribution in [0.2, 0.25) is 0 Å². The summed E-state index contributed by atoms with van der Waals surface area (Å²) in [5.74, 6) is -3.66. The van der Waals surface area contributed by atoms with Crippen LogP contribution < -0.4 is 16.0 Å². The van der Waals surface area contributed by atoms with Crippen LogP contribution >= 0.6 is 0 Å². The predicted molar refractivity (Wildman–Crippen MR) is 154 cm³/mol. The number of carbonyl (C=O) groups is 7. The molecule has 14 nitrogen and oxygen atoms in total. The molecule has 0 radical (unpaired) electrons. The Morgan fingerprint density at radius 2 is 1.23 bits per heavy atom. The van der Waals surface area contributed by atoms with Crippen molar-refractivity contribution in [3.8, 4) is 0 Å². The number of hydrogen-bond acceptors (Lipinski definition) is 10. The van der Waals surface area contributed by atoms with E-state index in [2.05, 4.69) is 16.0 Å². The Labute approximate surface area is 252 Å². The van der Waals surface area contributed by atoms with Crippen molar-refractivity contribution in [1.29, 1.82) is 0 Å². The van der Waals surface area contributed by atoms with Crippen molar-refractivity contribution in [2.75, 3.05) is 13.1 Å². The Bertz CT molecular complexity index is 1080. The molecule has 0 aromatic carbocycles. The molecule has 0 spiro atoms. The Hall–Kier alpha value is -3.97. The Kier molecular flexibility index (Phi) is 13.3. The van der Waals surface area contributed by atoms with E-state index < -0.39 is 70.5 Å². The lowest BCUT2D eigenvalue weighted by Crippen LogP contribution is -2.53. The monoisotopic (exact) mass is 610 g/mol. The van der Waals surface area contributed by atoms with Crippen LogP contribution in [-0.4, -0.2) is 88.5 Å². The summed E-state index contributed by atoms with van der Waals surface area (Å²) in [6, 6.07) is -2.57. The predicted octanol–water partition coefficient (Wildman–Crippen LogP) is 1.65. The van der Waals surface area contributed by atoms with Gasteiger partial charge in [-0.15, -0.1) is 0 Å². The number of hydrogen-bond donors (Lipinski definition) is 3. The highest BCUT2D eigenvalue weighted by atomic mass is 16.6. The number of nitrogens with zero attached hydrogens (tertiary/aromatic N) is 1. The highest BCUT2D eigenvalue weighted by molar-refractivity contribution is 6.12. The van der Waals surface area contributed by atoms with Crippen LogP contribution in [-0.2, 0) is 43.0 Å². The van der Waals surface area contributed by atoms with Gasteiger partial charge in [0.05, 0.1) is 0 Å². The molecule has 1 rings (SSSR count). The lowest BCUT2D eigenvalue weighted by Gasteiger charge is -2.27. The van der Waals surface area contributed by atoms with Crippen molar-refractivity contribution in [1.82, 2.24) is 20.9 Å². The van der Waals surface area contributed by atoms with Crippen LogP contribution in [0.25, 0.3) is 0 Å². The second-order valence-electron chi connectivity index (χ2n) is 13.0. The molecule has 43 heavy (non-hydrogen) atoms. The van der Waals surface area contributed by atoms with Crippen molar-refractivity contribution in [2.45, 2.75) is 117 Å². The molecule has 0 bridgehead atoms. The first-order chi connectivity index (χ1) is 19.6. The van der Waals surface area contributed by atoms with E-state index in [0.29, 0.717) is 0 Å². The third-order valence-corrected chi connectivity index (χ3v) is 5.29. The van der Waals surface area contributed by atoms with Crippen molar-refractivity contribution in [3.05, 3.63) is 12.2 Å². The van der Waals surface area contributed by atoms with Crippen molar-refractivity contribution >= 4 is 41.7 Å². The van der Waals surface area contributed by atoms with Gasteiger partial charge in [0.25, 0.3) is 11.8 Å². The van der Waals surface area contributed by atoms with E-state index in [1.807, 2.05) is 0 Å². The van der Waals surface area contributed by atoms with E-state index in [-0.39, 0.29) is 38.8 Å². The topological polar surface area (TPSA) is 187 Å². The summed E-state index contributed by atoms with van der Waals surface area (Å²) >= 11 is 0. The standard InChI is InChI=1S/C29H46N4O10/c1-27(2,3)41-23(37)15-11-19(25(39)42-28(4,5)6)31-24(38)18(32-26(40)43-29(7,8)9)10-12-20(34)30-16-17-33-21(35)13-14-22(33)36/h13-14,18-19H,10-12,15-17H2,1-9H3,(H,30,34)(H,31,38)(H,32,40)/t18-,19-/m1/s1. The van der Waals surface area contributed by atoms with Gasteiger partial charge in [0.1, 0.15) is 28.9 Å². The fourth-order valence-corrected chi connectivity index (χ4v) is 3.59. The van der Waals surface area contributed by atoms with Gasteiger partial charge in [-0.25, -0.2) is 9.59 Å². The van der Waals surface area contributed by atoms with Gasteiger partial charge in [0.2, 0.25) is 11.8 Å². The highest BCUT2D eigenvalue weighted by Gasteiger charge is 2.32. The van der Waals surface area contributed by atoms with Gasteiger partial charge in [-0.1, -0.05) is 0 Å². The first kappa shape index (κ1) is 37.1. The Morgan fingerprint density at radius 3 is 1.74 bits per heavy atom. The zero-order valence-corrected chi connectivity index (χ0v) is 26.6. The second kappa shape index (κ2) is 15.5. The molecule has 3 N–H and O–H groups in total. The SMILES string of the molecule is CC(C)(C)OC(=O)CC[C@@H](NC(=O)[C@@H](CCC(=O)NCCN1C(=O)C=CC1=O)NC(=O)OC(C)(C)C)C(=O)OC(C)(C)C. The number of ether oxygens (including phenoxy) is 3. The van der Waals surface area contributed by atoms with E-state index in [4.69, 9.17) is 14.2 Å². The van der Waals surface area contributed by atoms with E-state index >= 15 is 0 Å². The quantitative estimate of drug-likeness (QED) is 0.157. The molecule has 14 heteroatoms. The summed E-state index contributed by atoms with van der Waals surface area (Å²) in [6.45, 7) is 14.9. The van der Waals surface area contributed by atoms with Gasteiger partial charge in [0.15, 0.2) is 0 Å². The molecule has 0 unspecified atom stereocenters. The molecule has 0 aromatic rings. The molecular weight excluding hydrogens is 564 g/mol. The minimum atomic E-state index is -1.31.